The summed E-state index contributed by atoms with van der Waals surface area (Å²) in [4.78, 5) is 6.93. The molecule has 1 aliphatic heterocycles. The van der Waals surface area contributed by atoms with E-state index in [1.807, 2.05) is 6.92 Å². The Morgan fingerprint density at radius 2 is 2.00 bits per heavy atom. The molecule has 0 aromatic carbocycles. The summed E-state index contributed by atoms with van der Waals surface area (Å²) in [7, 11) is 0. The zero-order valence-corrected chi connectivity index (χ0v) is 21.3. The second-order valence-corrected chi connectivity index (χ2v) is 9.05. The molecule has 1 aliphatic carbocycles. The Balaban J connectivity index is 0.00000420. The Morgan fingerprint density at radius 3 is 2.59 bits per heavy atom. The predicted octanol–water partition coefficient (Wildman–Crippen LogP) is 2.23. The normalized spacial score (nSPS) is 26.8. The van der Waals surface area contributed by atoms with Crippen LogP contribution >= 0.6 is 24.0 Å². The van der Waals surface area contributed by atoms with Crippen molar-refractivity contribution in [2.45, 2.75) is 71.6 Å². The number of rotatable bonds is 10. The van der Waals surface area contributed by atoms with Gasteiger partial charge in [0, 0.05) is 44.2 Å². The Kier molecular flexibility index (Phi) is 11.7. The van der Waals surface area contributed by atoms with Crippen LogP contribution in [-0.2, 0) is 9.47 Å². The van der Waals surface area contributed by atoms with E-state index in [1.165, 1.54) is 0 Å². The SMILES string of the molecule is CCCCOC1CC(NC(=NCC(C)(O)CN2CCOCC2)NCC)C1(C)C.I. The number of unbranched alkanes of at least 4 members (excludes halogenated alkanes) is 1. The first kappa shape index (κ1) is 26.9. The van der Waals surface area contributed by atoms with Gasteiger partial charge < -0.3 is 25.2 Å². The van der Waals surface area contributed by atoms with Crippen molar-refractivity contribution in [3.05, 3.63) is 0 Å². The monoisotopic (exact) mass is 526 g/mol. The van der Waals surface area contributed by atoms with Crippen molar-refractivity contribution in [1.82, 2.24) is 15.5 Å². The third-order valence-corrected chi connectivity index (χ3v) is 5.90. The van der Waals surface area contributed by atoms with Gasteiger partial charge in [-0.3, -0.25) is 9.89 Å². The lowest BCUT2D eigenvalue weighted by molar-refractivity contribution is -0.113. The van der Waals surface area contributed by atoms with Crippen LogP contribution in [0.1, 0.15) is 53.9 Å². The van der Waals surface area contributed by atoms with Crippen LogP contribution in [0.15, 0.2) is 4.99 Å². The van der Waals surface area contributed by atoms with Crippen molar-refractivity contribution in [3.8, 4) is 0 Å². The fourth-order valence-electron chi connectivity index (χ4n) is 3.81. The van der Waals surface area contributed by atoms with Crippen molar-refractivity contribution in [2.75, 3.05) is 52.5 Å². The zero-order chi connectivity index (χ0) is 20.6. The van der Waals surface area contributed by atoms with E-state index in [-0.39, 0.29) is 29.4 Å². The van der Waals surface area contributed by atoms with Gasteiger partial charge in [-0.15, -0.1) is 24.0 Å². The summed E-state index contributed by atoms with van der Waals surface area (Å²) >= 11 is 0. The van der Waals surface area contributed by atoms with Gasteiger partial charge >= 0.3 is 0 Å². The van der Waals surface area contributed by atoms with Crippen LogP contribution in [0.3, 0.4) is 0 Å². The van der Waals surface area contributed by atoms with E-state index in [0.29, 0.717) is 25.2 Å². The smallest absolute Gasteiger partial charge is 0.191 e. The summed E-state index contributed by atoms with van der Waals surface area (Å²) in [5.41, 5.74) is -0.791. The summed E-state index contributed by atoms with van der Waals surface area (Å²) < 4.78 is 11.4. The van der Waals surface area contributed by atoms with E-state index in [9.17, 15) is 5.11 Å². The lowest BCUT2D eigenvalue weighted by atomic mass is 9.64. The number of morpholine rings is 1. The number of nitrogens with zero attached hydrogens (tertiary/aromatic N) is 2. The van der Waals surface area contributed by atoms with E-state index in [0.717, 1.165) is 64.7 Å². The predicted molar refractivity (Wildman–Crippen MR) is 129 cm³/mol. The number of nitrogens with one attached hydrogen (secondary N) is 2. The highest BCUT2D eigenvalue weighted by atomic mass is 127. The molecule has 2 rings (SSSR count). The number of hydrogen-bond acceptors (Lipinski definition) is 5. The molecule has 7 nitrogen and oxygen atoms in total. The van der Waals surface area contributed by atoms with E-state index in [4.69, 9.17) is 9.47 Å². The molecule has 0 amide bonds. The van der Waals surface area contributed by atoms with Gasteiger partial charge in [-0.25, -0.2) is 0 Å². The average Bonchev–Trinajstić information content (AvgIpc) is 2.65. The van der Waals surface area contributed by atoms with Crippen LogP contribution in [0, 0.1) is 5.41 Å². The standard InChI is InChI=1S/C21H42N4O3.HI/c1-6-8-11-28-18-14-17(20(18,3)4)24-19(22-7-2)23-15-21(5,26)16-25-9-12-27-13-10-25;/h17-18,26H,6-16H2,1-5H3,(H2,22,23,24);1H. The Morgan fingerprint density at radius 1 is 1.31 bits per heavy atom. The van der Waals surface area contributed by atoms with Crippen molar-refractivity contribution in [1.29, 1.82) is 0 Å². The van der Waals surface area contributed by atoms with Gasteiger partial charge in [0.1, 0.15) is 0 Å². The summed E-state index contributed by atoms with van der Waals surface area (Å²) in [6.45, 7) is 16.4. The summed E-state index contributed by atoms with van der Waals surface area (Å²) in [5.74, 6) is 0.773. The molecule has 0 radical (unpaired) electrons. The number of aliphatic imine (C=N–C) groups is 1. The van der Waals surface area contributed by atoms with Crippen molar-refractivity contribution in [3.63, 3.8) is 0 Å². The zero-order valence-electron chi connectivity index (χ0n) is 19.0. The van der Waals surface area contributed by atoms with Gasteiger partial charge in [0.2, 0.25) is 0 Å². The lowest BCUT2D eigenvalue weighted by Crippen LogP contribution is -2.63. The van der Waals surface area contributed by atoms with Gasteiger partial charge in [0.15, 0.2) is 5.96 Å². The molecular formula is C21H43IN4O3. The number of halogens is 1. The molecule has 0 aromatic rings. The molecule has 2 aliphatic rings. The largest absolute Gasteiger partial charge is 0.387 e. The highest BCUT2D eigenvalue weighted by Crippen LogP contribution is 2.42. The van der Waals surface area contributed by atoms with Crippen LogP contribution < -0.4 is 10.6 Å². The number of hydrogen-bond donors (Lipinski definition) is 3. The summed E-state index contributed by atoms with van der Waals surface area (Å²) in [5, 5.41) is 17.7. The molecule has 1 heterocycles. The molecule has 3 unspecified atom stereocenters. The summed E-state index contributed by atoms with van der Waals surface area (Å²) in [6, 6.07) is 0.320. The lowest BCUT2D eigenvalue weighted by Gasteiger charge is -2.52. The Labute approximate surface area is 194 Å². The molecule has 0 spiro atoms. The maximum absolute atomic E-state index is 10.8. The van der Waals surface area contributed by atoms with E-state index in [1.54, 1.807) is 0 Å². The van der Waals surface area contributed by atoms with Crippen molar-refractivity contribution >= 4 is 29.9 Å². The van der Waals surface area contributed by atoms with Crippen LogP contribution in [0.5, 0.6) is 0 Å². The highest BCUT2D eigenvalue weighted by molar-refractivity contribution is 14.0. The fourth-order valence-corrected chi connectivity index (χ4v) is 3.81. The van der Waals surface area contributed by atoms with Gasteiger partial charge in [0.25, 0.3) is 0 Å². The van der Waals surface area contributed by atoms with Crippen LogP contribution in [0.2, 0.25) is 0 Å². The number of ether oxygens (including phenoxy) is 2. The average molecular weight is 527 g/mol. The van der Waals surface area contributed by atoms with Gasteiger partial charge in [-0.1, -0.05) is 27.2 Å². The molecule has 1 saturated heterocycles. The second-order valence-electron chi connectivity index (χ2n) is 9.05. The van der Waals surface area contributed by atoms with Crippen LogP contribution in [-0.4, -0.2) is 86.3 Å². The molecule has 0 aromatic heterocycles. The Bertz CT molecular complexity index is 496. The summed E-state index contributed by atoms with van der Waals surface area (Å²) in [6.07, 6.45) is 3.57. The maximum Gasteiger partial charge on any atom is 0.191 e. The topological polar surface area (TPSA) is 78.3 Å². The molecule has 1 saturated carbocycles. The number of guanidine groups is 1. The van der Waals surface area contributed by atoms with Crippen LogP contribution in [0.4, 0.5) is 0 Å². The Hall–Kier alpha value is -0.160. The minimum absolute atomic E-state index is 0. The van der Waals surface area contributed by atoms with Crippen molar-refractivity contribution < 1.29 is 14.6 Å². The van der Waals surface area contributed by atoms with E-state index in [2.05, 4.69) is 48.2 Å². The molecule has 3 atom stereocenters. The molecule has 8 heteroatoms. The number of aliphatic hydroxyl groups is 1. The molecule has 2 fully saturated rings. The van der Waals surface area contributed by atoms with Crippen LogP contribution in [0.25, 0.3) is 0 Å². The van der Waals surface area contributed by atoms with Gasteiger partial charge in [-0.2, -0.15) is 0 Å². The quantitative estimate of drug-likeness (QED) is 0.176. The minimum Gasteiger partial charge on any atom is -0.387 e. The third kappa shape index (κ3) is 8.47. The molecule has 3 N–H and O–H groups in total. The first-order valence-electron chi connectivity index (χ1n) is 11.0. The van der Waals surface area contributed by atoms with Crippen molar-refractivity contribution in [2.24, 2.45) is 10.4 Å². The fraction of sp³-hybridized carbons (Fsp3) is 0.952. The second kappa shape index (κ2) is 12.6. The van der Waals surface area contributed by atoms with Gasteiger partial charge in [0.05, 0.1) is 31.5 Å². The van der Waals surface area contributed by atoms with E-state index < -0.39 is 5.60 Å². The van der Waals surface area contributed by atoms with Gasteiger partial charge in [-0.05, 0) is 26.7 Å². The molecule has 29 heavy (non-hydrogen) atoms. The minimum atomic E-state index is -0.860. The highest BCUT2D eigenvalue weighted by Gasteiger charge is 2.49. The molecular weight excluding hydrogens is 483 g/mol. The first-order chi connectivity index (χ1) is 13.3. The molecule has 0 bridgehead atoms. The first-order valence-corrected chi connectivity index (χ1v) is 11.0. The third-order valence-electron chi connectivity index (χ3n) is 5.90. The number of β-amino-alcohol motifs (C(OH)–C–C–N with tert-alkyl or cyclic N) is 1. The molecule has 172 valence electrons. The van der Waals surface area contributed by atoms with E-state index >= 15 is 0 Å². The maximum atomic E-state index is 10.8.